The monoisotopic (exact) mass is 363 g/mol. The van der Waals surface area contributed by atoms with Crippen molar-refractivity contribution in [3.8, 4) is 0 Å². The molecule has 0 saturated carbocycles. The Bertz CT molecular complexity index is 881. The number of para-hydroxylation sites is 1. The minimum absolute atomic E-state index is 0.221. The molecule has 2 heterocycles. The standard InChI is InChI=1S/C21H21N3O3/c25-19(23-13-12-16-8-4-5-9-18(16)23)14-24-20(26)17(22-21(24)27)11-10-15-6-2-1-3-7-15/h1-9,17H,10-14H2,(H,22,27)/t17-/m1/s1. The number of amides is 4. The number of carbonyl (C=O) groups excluding carboxylic acids is 3. The number of benzene rings is 2. The van der Waals surface area contributed by atoms with Crippen LogP contribution in [0.15, 0.2) is 54.6 Å². The number of rotatable bonds is 5. The predicted octanol–water partition coefficient (Wildman–Crippen LogP) is 2.13. The van der Waals surface area contributed by atoms with E-state index in [9.17, 15) is 14.4 Å². The Balaban J connectivity index is 1.39. The highest BCUT2D eigenvalue weighted by Crippen LogP contribution is 2.27. The molecule has 1 saturated heterocycles. The maximum atomic E-state index is 12.7. The summed E-state index contributed by atoms with van der Waals surface area (Å²) in [5.74, 6) is -0.552. The zero-order chi connectivity index (χ0) is 18.8. The van der Waals surface area contributed by atoms with Gasteiger partial charge in [0, 0.05) is 12.2 Å². The number of nitrogens with zero attached hydrogens (tertiary/aromatic N) is 2. The number of nitrogens with one attached hydrogen (secondary N) is 1. The molecule has 138 valence electrons. The highest BCUT2D eigenvalue weighted by Gasteiger charge is 2.39. The molecule has 6 nitrogen and oxygen atoms in total. The molecule has 2 aromatic carbocycles. The fourth-order valence-electron chi connectivity index (χ4n) is 3.70. The lowest BCUT2D eigenvalue weighted by Gasteiger charge is -2.20. The Morgan fingerprint density at radius 2 is 1.78 bits per heavy atom. The first kappa shape index (κ1) is 17.3. The van der Waals surface area contributed by atoms with E-state index in [0.717, 1.165) is 28.1 Å². The maximum Gasteiger partial charge on any atom is 0.325 e. The van der Waals surface area contributed by atoms with Gasteiger partial charge in [0.2, 0.25) is 5.91 Å². The van der Waals surface area contributed by atoms with E-state index in [2.05, 4.69) is 5.32 Å². The smallest absolute Gasteiger partial charge is 0.325 e. The maximum absolute atomic E-state index is 12.7. The zero-order valence-corrected chi connectivity index (χ0v) is 14.9. The second-order valence-corrected chi connectivity index (χ2v) is 6.87. The Labute approximate surface area is 157 Å². The van der Waals surface area contributed by atoms with Gasteiger partial charge in [0.1, 0.15) is 12.6 Å². The lowest BCUT2D eigenvalue weighted by Crippen LogP contribution is -2.42. The van der Waals surface area contributed by atoms with E-state index in [-0.39, 0.29) is 18.4 Å². The van der Waals surface area contributed by atoms with Gasteiger partial charge in [0.25, 0.3) is 5.91 Å². The van der Waals surface area contributed by atoms with Gasteiger partial charge in [-0.15, -0.1) is 0 Å². The Morgan fingerprint density at radius 1 is 1.04 bits per heavy atom. The van der Waals surface area contributed by atoms with E-state index < -0.39 is 12.1 Å². The van der Waals surface area contributed by atoms with Gasteiger partial charge in [-0.25, -0.2) is 4.79 Å². The van der Waals surface area contributed by atoms with Gasteiger partial charge < -0.3 is 10.2 Å². The summed E-state index contributed by atoms with van der Waals surface area (Å²) in [6.07, 6.45) is 2.01. The minimum Gasteiger partial charge on any atom is -0.326 e. The summed E-state index contributed by atoms with van der Waals surface area (Å²) in [5, 5.41) is 2.71. The summed E-state index contributed by atoms with van der Waals surface area (Å²) in [6, 6.07) is 16.5. The van der Waals surface area contributed by atoms with Crippen molar-refractivity contribution in [3.05, 3.63) is 65.7 Å². The minimum atomic E-state index is -0.573. The molecule has 4 rings (SSSR count). The molecule has 6 heteroatoms. The topological polar surface area (TPSA) is 69.7 Å². The molecule has 0 aliphatic carbocycles. The number of hydrogen-bond donors (Lipinski definition) is 1. The number of aryl methyl sites for hydroxylation is 1. The Kier molecular flexibility index (Phi) is 4.62. The van der Waals surface area contributed by atoms with Crippen LogP contribution < -0.4 is 10.2 Å². The highest BCUT2D eigenvalue weighted by atomic mass is 16.2. The molecular weight excluding hydrogens is 342 g/mol. The van der Waals surface area contributed by atoms with Crippen LogP contribution in [0.4, 0.5) is 10.5 Å². The third-order valence-electron chi connectivity index (χ3n) is 5.15. The predicted molar refractivity (Wildman–Crippen MR) is 101 cm³/mol. The first-order chi connectivity index (χ1) is 13.1. The van der Waals surface area contributed by atoms with Gasteiger partial charge in [-0.2, -0.15) is 0 Å². The molecule has 1 N–H and O–H groups in total. The molecule has 2 aliphatic rings. The summed E-state index contributed by atoms with van der Waals surface area (Å²) in [4.78, 5) is 40.2. The number of carbonyl (C=O) groups is 3. The van der Waals surface area contributed by atoms with Gasteiger partial charge in [-0.05, 0) is 36.5 Å². The molecule has 4 amide bonds. The summed E-state index contributed by atoms with van der Waals surface area (Å²) in [6.45, 7) is 0.361. The summed E-state index contributed by atoms with van der Waals surface area (Å²) < 4.78 is 0. The van der Waals surface area contributed by atoms with E-state index >= 15 is 0 Å². The molecule has 0 bridgehead atoms. The van der Waals surface area contributed by atoms with Crippen molar-refractivity contribution in [2.24, 2.45) is 0 Å². The molecule has 0 radical (unpaired) electrons. The van der Waals surface area contributed by atoms with Crippen molar-refractivity contribution in [2.45, 2.75) is 25.3 Å². The van der Waals surface area contributed by atoms with Gasteiger partial charge >= 0.3 is 6.03 Å². The van der Waals surface area contributed by atoms with Crippen molar-refractivity contribution < 1.29 is 14.4 Å². The second kappa shape index (κ2) is 7.23. The van der Waals surface area contributed by atoms with E-state index in [1.165, 1.54) is 0 Å². The average molecular weight is 363 g/mol. The highest BCUT2D eigenvalue weighted by molar-refractivity contribution is 6.08. The lowest BCUT2D eigenvalue weighted by atomic mass is 10.1. The largest absolute Gasteiger partial charge is 0.326 e. The summed E-state index contributed by atoms with van der Waals surface area (Å²) in [7, 11) is 0. The zero-order valence-electron chi connectivity index (χ0n) is 14.9. The van der Waals surface area contributed by atoms with E-state index in [1.807, 2.05) is 54.6 Å². The molecule has 0 unspecified atom stereocenters. The second-order valence-electron chi connectivity index (χ2n) is 6.87. The van der Waals surface area contributed by atoms with Crippen LogP contribution in [-0.4, -0.2) is 41.9 Å². The first-order valence-corrected chi connectivity index (χ1v) is 9.17. The first-order valence-electron chi connectivity index (χ1n) is 9.17. The van der Waals surface area contributed by atoms with E-state index in [0.29, 0.717) is 19.4 Å². The molecular formula is C21H21N3O3. The SMILES string of the molecule is O=C1N[C@H](CCc2ccccc2)C(=O)N1CC(=O)N1CCc2ccccc21. The van der Waals surface area contributed by atoms with Crippen LogP contribution in [0.1, 0.15) is 17.5 Å². The van der Waals surface area contributed by atoms with Crippen LogP contribution in [0, 0.1) is 0 Å². The van der Waals surface area contributed by atoms with Gasteiger partial charge in [0.15, 0.2) is 0 Å². The Morgan fingerprint density at radius 3 is 2.59 bits per heavy atom. The third kappa shape index (κ3) is 3.43. The fourth-order valence-corrected chi connectivity index (χ4v) is 3.70. The number of fused-ring (bicyclic) bond motifs is 1. The molecule has 0 aromatic heterocycles. The quantitative estimate of drug-likeness (QED) is 0.828. The van der Waals surface area contributed by atoms with Crippen molar-refractivity contribution in [1.82, 2.24) is 10.2 Å². The van der Waals surface area contributed by atoms with Crippen LogP contribution in [0.2, 0.25) is 0 Å². The molecule has 27 heavy (non-hydrogen) atoms. The normalized spacial score (nSPS) is 18.6. The van der Waals surface area contributed by atoms with E-state index in [1.54, 1.807) is 4.90 Å². The molecule has 2 aromatic rings. The van der Waals surface area contributed by atoms with Crippen LogP contribution in [0.3, 0.4) is 0 Å². The number of anilines is 1. The molecule has 1 atom stereocenters. The summed E-state index contributed by atoms with van der Waals surface area (Å²) >= 11 is 0. The van der Waals surface area contributed by atoms with Crippen molar-refractivity contribution in [1.29, 1.82) is 0 Å². The Hall–Kier alpha value is -3.15. The lowest BCUT2D eigenvalue weighted by molar-refractivity contribution is -0.131. The molecule has 0 spiro atoms. The van der Waals surface area contributed by atoms with Gasteiger partial charge in [0.05, 0.1) is 0 Å². The number of hydrogen-bond acceptors (Lipinski definition) is 3. The van der Waals surface area contributed by atoms with Crippen LogP contribution in [0.25, 0.3) is 0 Å². The van der Waals surface area contributed by atoms with Crippen LogP contribution in [0.5, 0.6) is 0 Å². The number of imide groups is 1. The van der Waals surface area contributed by atoms with Crippen molar-refractivity contribution in [3.63, 3.8) is 0 Å². The average Bonchev–Trinajstić information content (AvgIpc) is 3.23. The molecule has 2 aliphatic heterocycles. The van der Waals surface area contributed by atoms with Crippen molar-refractivity contribution in [2.75, 3.05) is 18.0 Å². The third-order valence-corrected chi connectivity index (χ3v) is 5.15. The van der Waals surface area contributed by atoms with Crippen LogP contribution >= 0.6 is 0 Å². The van der Waals surface area contributed by atoms with Crippen LogP contribution in [-0.2, 0) is 22.4 Å². The van der Waals surface area contributed by atoms with E-state index in [4.69, 9.17) is 0 Å². The summed E-state index contributed by atoms with van der Waals surface area (Å²) in [5.41, 5.74) is 3.10. The van der Waals surface area contributed by atoms with Gasteiger partial charge in [-0.3, -0.25) is 14.5 Å². The number of urea groups is 1. The van der Waals surface area contributed by atoms with Gasteiger partial charge in [-0.1, -0.05) is 48.5 Å². The molecule has 1 fully saturated rings. The van der Waals surface area contributed by atoms with Crippen molar-refractivity contribution >= 4 is 23.5 Å². The fraction of sp³-hybridized carbons (Fsp3) is 0.286.